The lowest BCUT2D eigenvalue weighted by Crippen LogP contribution is -2.19. The molecule has 0 spiro atoms. The molecule has 1 rings (SSSR count). The van der Waals surface area contributed by atoms with Gasteiger partial charge in [0.1, 0.15) is 0 Å². The van der Waals surface area contributed by atoms with Gasteiger partial charge in [0.15, 0.2) is 0 Å². The monoisotopic (exact) mass is 180 g/mol. The highest BCUT2D eigenvalue weighted by atomic mass is 15.0. The van der Waals surface area contributed by atoms with E-state index in [4.69, 9.17) is 5.73 Å². The van der Waals surface area contributed by atoms with E-state index in [1.165, 1.54) is 0 Å². The Kier molecular flexibility index (Phi) is 3.64. The fourth-order valence-corrected chi connectivity index (χ4v) is 0.961. The number of nitrogen functional groups attached to an aromatic ring is 1. The van der Waals surface area contributed by atoms with Crippen LogP contribution in [0.25, 0.3) is 0 Å². The Labute approximate surface area is 78.6 Å². The standard InChI is InChI=1S/C9H16N4/c1-7(2)3-11-4-8-5-12-9(10)13-6-8/h5-7,11H,3-4H2,1-2H3,(H2,10,12,13). The zero-order chi connectivity index (χ0) is 9.68. The van der Waals surface area contributed by atoms with Gasteiger partial charge in [-0.2, -0.15) is 0 Å². The van der Waals surface area contributed by atoms with Gasteiger partial charge in [-0.3, -0.25) is 0 Å². The van der Waals surface area contributed by atoms with Crippen LogP contribution in [0.2, 0.25) is 0 Å². The summed E-state index contributed by atoms with van der Waals surface area (Å²) in [7, 11) is 0. The molecule has 0 saturated heterocycles. The predicted molar refractivity (Wildman–Crippen MR) is 53.0 cm³/mol. The third kappa shape index (κ3) is 3.85. The van der Waals surface area contributed by atoms with Crippen molar-refractivity contribution in [1.29, 1.82) is 0 Å². The number of nitrogens with zero attached hydrogens (tertiary/aromatic N) is 2. The van der Waals surface area contributed by atoms with E-state index in [0.717, 1.165) is 18.7 Å². The van der Waals surface area contributed by atoms with Crippen LogP contribution in [0.1, 0.15) is 19.4 Å². The average Bonchev–Trinajstić information content (AvgIpc) is 2.08. The number of nitrogens with one attached hydrogen (secondary N) is 1. The summed E-state index contributed by atoms with van der Waals surface area (Å²) >= 11 is 0. The molecule has 4 heteroatoms. The van der Waals surface area contributed by atoms with E-state index in [9.17, 15) is 0 Å². The van der Waals surface area contributed by atoms with Crippen LogP contribution in [0.3, 0.4) is 0 Å². The van der Waals surface area contributed by atoms with E-state index in [0.29, 0.717) is 11.9 Å². The lowest BCUT2D eigenvalue weighted by Gasteiger charge is -2.06. The number of hydrogen-bond donors (Lipinski definition) is 2. The third-order valence-electron chi connectivity index (χ3n) is 1.61. The van der Waals surface area contributed by atoms with Gasteiger partial charge in [0, 0.05) is 24.5 Å². The molecule has 0 aromatic carbocycles. The first kappa shape index (κ1) is 9.92. The van der Waals surface area contributed by atoms with Crippen molar-refractivity contribution < 1.29 is 0 Å². The van der Waals surface area contributed by atoms with Gasteiger partial charge in [-0.05, 0) is 12.5 Å². The molecule has 0 fully saturated rings. The first-order valence-corrected chi connectivity index (χ1v) is 4.45. The van der Waals surface area contributed by atoms with Crippen molar-refractivity contribution in [3.05, 3.63) is 18.0 Å². The van der Waals surface area contributed by atoms with Gasteiger partial charge in [0.25, 0.3) is 0 Å². The van der Waals surface area contributed by atoms with Crippen LogP contribution in [-0.4, -0.2) is 16.5 Å². The van der Waals surface area contributed by atoms with Gasteiger partial charge < -0.3 is 11.1 Å². The molecular formula is C9H16N4. The van der Waals surface area contributed by atoms with Crippen LogP contribution in [0.5, 0.6) is 0 Å². The molecule has 0 aliphatic rings. The second kappa shape index (κ2) is 4.77. The predicted octanol–water partition coefficient (Wildman–Crippen LogP) is 0.804. The number of aromatic nitrogens is 2. The first-order chi connectivity index (χ1) is 6.18. The molecule has 0 radical (unpaired) electrons. The van der Waals surface area contributed by atoms with Crippen LogP contribution in [-0.2, 0) is 6.54 Å². The minimum atomic E-state index is 0.326. The maximum atomic E-state index is 5.36. The zero-order valence-electron chi connectivity index (χ0n) is 8.12. The van der Waals surface area contributed by atoms with Gasteiger partial charge >= 0.3 is 0 Å². The highest BCUT2D eigenvalue weighted by Gasteiger charge is 1.95. The molecule has 13 heavy (non-hydrogen) atoms. The van der Waals surface area contributed by atoms with Gasteiger partial charge in [0.05, 0.1) is 0 Å². The summed E-state index contributed by atoms with van der Waals surface area (Å²) in [6.07, 6.45) is 3.49. The van der Waals surface area contributed by atoms with Crippen molar-refractivity contribution in [3.8, 4) is 0 Å². The molecule has 0 unspecified atom stereocenters. The smallest absolute Gasteiger partial charge is 0.219 e. The number of hydrogen-bond acceptors (Lipinski definition) is 4. The summed E-state index contributed by atoms with van der Waals surface area (Å²) in [5.41, 5.74) is 6.43. The number of nitrogens with two attached hydrogens (primary N) is 1. The SMILES string of the molecule is CC(C)CNCc1cnc(N)nc1. The van der Waals surface area contributed by atoms with Crippen molar-refractivity contribution in [2.24, 2.45) is 5.92 Å². The minimum absolute atomic E-state index is 0.326. The van der Waals surface area contributed by atoms with Gasteiger partial charge in [-0.15, -0.1) is 0 Å². The lowest BCUT2D eigenvalue weighted by atomic mass is 10.2. The van der Waals surface area contributed by atoms with E-state index < -0.39 is 0 Å². The average molecular weight is 180 g/mol. The Balaban J connectivity index is 2.33. The molecule has 0 aliphatic heterocycles. The lowest BCUT2D eigenvalue weighted by molar-refractivity contribution is 0.551. The summed E-state index contributed by atoms with van der Waals surface area (Å²) in [6, 6.07) is 0. The maximum absolute atomic E-state index is 5.36. The van der Waals surface area contributed by atoms with Crippen LogP contribution in [0.15, 0.2) is 12.4 Å². The fraction of sp³-hybridized carbons (Fsp3) is 0.556. The fourth-order valence-electron chi connectivity index (χ4n) is 0.961. The molecule has 0 aliphatic carbocycles. The summed E-state index contributed by atoms with van der Waals surface area (Å²) in [5.74, 6) is 0.988. The Hall–Kier alpha value is -1.16. The normalized spacial score (nSPS) is 10.7. The molecule has 1 aromatic rings. The van der Waals surface area contributed by atoms with Gasteiger partial charge in [0.2, 0.25) is 5.95 Å². The molecule has 0 atom stereocenters. The molecule has 3 N–H and O–H groups in total. The summed E-state index contributed by atoms with van der Waals surface area (Å²) in [4.78, 5) is 7.81. The molecule has 0 amide bonds. The van der Waals surface area contributed by atoms with Crippen molar-refractivity contribution in [2.75, 3.05) is 12.3 Å². The zero-order valence-corrected chi connectivity index (χ0v) is 8.12. The Morgan fingerprint density at radius 3 is 2.54 bits per heavy atom. The Morgan fingerprint density at radius 2 is 2.00 bits per heavy atom. The molecule has 1 heterocycles. The molecular weight excluding hydrogens is 164 g/mol. The summed E-state index contributed by atoms with van der Waals surface area (Å²) in [5, 5.41) is 3.30. The van der Waals surface area contributed by atoms with Gasteiger partial charge in [-0.1, -0.05) is 13.8 Å². The molecule has 4 nitrogen and oxygen atoms in total. The Bertz CT molecular complexity index is 242. The third-order valence-corrected chi connectivity index (χ3v) is 1.61. The van der Waals surface area contributed by atoms with Crippen molar-refractivity contribution in [3.63, 3.8) is 0 Å². The number of anilines is 1. The van der Waals surface area contributed by atoms with Crippen molar-refractivity contribution in [1.82, 2.24) is 15.3 Å². The van der Waals surface area contributed by atoms with E-state index in [1.54, 1.807) is 12.4 Å². The van der Waals surface area contributed by atoms with Crippen molar-refractivity contribution >= 4 is 5.95 Å². The largest absolute Gasteiger partial charge is 0.368 e. The molecule has 72 valence electrons. The summed E-state index contributed by atoms with van der Waals surface area (Å²) in [6.45, 7) is 6.15. The topological polar surface area (TPSA) is 63.8 Å². The van der Waals surface area contributed by atoms with E-state index in [-0.39, 0.29) is 0 Å². The highest BCUT2D eigenvalue weighted by molar-refractivity contribution is 5.16. The van der Waals surface area contributed by atoms with E-state index in [1.807, 2.05) is 0 Å². The first-order valence-electron chi connectivity index (χ1n) is 4.45. The highest BCUT2D eigenvalue weighted by Crippen LogP contribution is 1.96. The van der Waals surface area contributed by atoms with Crippen LogP contribution < -0.4 is 11.1 Å². The van der Waals surface area contributed by atoms with Crippen LogP contribution in [0, 0.1) is 5.92 Å². The second-order valence-electron chi connectivity index (χ2n) is 3.47. The minimum Gasteiger partial charge on any atom is -0.368 e. The Morgan fingerprint density at radius 1 is 1.38 bits per heavy atom. The summed E-state index contributed by atoms with van der Waals surface area (Å²) < 4.78 is 0. The molecule has 1 aromatic heterocycles. The van der Waals surface area contributed by atoms with Crippen LogP contribution >= 0.6 is 0 Å². The second-order valence-corrected chi connectivity index (χ2v) is 3.47. The molecule has 0 saturated carbocycles. The van der Waals surface area contributed by atoms with Crippen molar-refractivity contribution in [2.45, 2.75) is 20.4 Å². The number of rotatable bonds is 4. The maximum Gasteiger partial charge on any atom is 0.219 e. The van der Waals surface area contributed by atoms with E-state index >= 15 is 0 Å². The van der Waals surface area contributed by atoms with Gasteiger partial charge in [-0.25, -0.2) is 9.97 Å². The van der Waals surface area contributed by atoms with Crippen LogP contribution in [0.4, 0.5) is 5.95 Å². The quantitative estimate of drug-likeness (QED) is 0.719. The van der Waals surface area contributed by atoms with E-state index in [2.05, 4.69) is 29.1 Å². The molecule has 0 bridgehead atoms.